The predicted octanol–water partition coefficient (Wildman–Crippen LogP) is 13.8. The van der Waals surface area contributed by atoms with Crippen molar-refractivity contribution in [1.29, 1.82) is 0 Å². The van der Waals surface area contributed by atoms with E-state index in [1.165, 1.54) is 194 Å². The third kappa shape index (κ3) is 37.9. The lowest BCUT2D eigenvalue weighted by molar-refractivity contribution is -0.149. The van der Waals surface area contributed by atoms with Crippen molar-refractivity contribution in [3.63, 3.8) is 0 Å². The fraction of sp³-hybridized carbons (Fsp3) is 0.891. The summed E-state index contributed by atoms with van der Waals surface area (Å²) < 4.78 is 10.8. The van der Waals surface area contributed by atoms with Crippen molar-refractivity contribution in [3.8, 4) is 0 Å². The molecule has 1 amide bonds. The van der Waals surface area contributed by atoms with Crippen molar-refractivity contribution in [3.05, 3.63) is 12.2 Å². The molecule has 0 spiro atoms. The molecule has 0 aromatic rings. The smallest absolute Gasteiger partial charge is 0.303 e. The maximum absolute atomic E-state index is 12.9. The maximum Gasteiger partial charge on any atom is 0.303 e. The Hall–Kier alpha value is -1.85. The first-order valence-corrected chi connectivity index (χ1v) is 22.7. The lowest BCUT2D eigenvalue weighted by atomic mass is 10.0. The Morgan fingerprint density at radius 1 is 0.481 bits per heavy atom. The number of hydrogen-bond acceptors (Lipinski definition) is 5. The van der Waals surface area contributed by atoms with Crippen LogP contribution in [-0.4, -0.2) is 36.6 Å². The standard InChI is InChI=1S/C46H87NO5/c1-5-7-9-11-13-15-17-19-20-21-22-23-24-25-26-28-30-32-34-36-38-40-46(50)47-44(41-51-42(3)48)45(52-43(4)49)39-37-35-33-31-29-27-18-16-14-12-10-8-6-2/h37,39,44-45H,5-36,38,40-41H2,1-4H3,(H,47,50)/b39-37+/t44-,45-/m0/s1. The minimum absolute atomic E-state index is 0.0267. The SMILES string of the molecule is CCCCCCCCCCCCC/C=C/[C@H](OC(C)=O)[C@H](COC(C)=O)NC(=O)CCCCCCCCCCCCCCCCCCCCCCC. The number of carbonyl (C=O) groups excluding carboxylic acids is 3. The Morgan fingerprint density at radius 2 is 0.827 bits per heavy atom. The third-order valence-electron chi connectivity index (χ3n) is 10.3. The highest BCUT2D eigenvalue weighted by molar-refractivity contribution is 5.76. The van der Waals surface area contributed by atoms with Crippen LogP contribution in [0.2, 0.25) is 0 Å². The molecule has 0 aromatic carbocycles. The van der Waals surface area contributed by atoms with Gasteiger partial charge in [0.1, 0.15) is 18.8 Å². The number of hydrogen-bond donors (Lipinski definition) is 1. The molecule has 306 valence electrons. The Kier molecular flexibility index (Phi) is 38.9. The molecular formula is C46H87NO5. The topological polar surface area (TPSA) is 81.7 Å². The monoisotopic (exact) mass is 734 g/mol. The van der Waals surface area contributed by atoms with Crippen molar-refractivity contribution in [1.82, 2.24) is 5.32 Å². The van der Waals surface area contributed by atoms with E-state index < -0.39 is 24.1 Å². The van der Waals surface area contributed by atoms with E-state index in [0.29, 0.717) is 6.42 Å². The van der Waals surface area contributed by atoms with Gasteiger partial charge < -0.3 is 14.8 Å². The van der Waals surface area contributed by atoms with Gasteiger partial charge in [-0.25, -0.2) is 0 Å². The van der Waals surface area contributed by atoms with Crippen LogP contribution < -0.4 is 5.32 Å². The van der Waals surface area contributed by atoms with Crippen LogP contribution in [0.5, 0.6) is 0 Å². The molecule has 0 saturated heterocycles. The molecule has 0 saturated carbocycles. The van der Waals surface area contributed by atoms with Crippen molar-refractivity contribution in [2.45, 2.75) is 258 Å². The van der Waals surface area contributed by atoms with Crippen LogP contribution in [-0.2, 0) is 23.9 Å². The van der Waals surface area contributed by atoms with E-state index in [1.54, 1.807) is 0 Å². The Labute approximate surface area is 323 Å². The Balaban J connectivity index is 4.08. The van der Waals surface area contributed by atoms with Crippen LogP contribution in [0.25, 0.3) is 0 Å². The van der Waals surface area contributed by atoms with E-state index in [9.17, 15) is 14.4 Å². The van der Waals surface area contributed by atoms with Crippen LogP contribution in [0.4, 0.5) is 0 Å². The first kappa shape index (κ1) is 50.1. The van der Waals surface area contributed by atoms with Crippen LogP contribution >= 0.6 is 0 Å². The molecule has 6 nitrogen and oxygen atoms in total. The number of allylic oxidation sites excluding steroid dienone is 1. The molecule has 0 aliphatic carbocycles. The zero-order valence-corrected chi connectivity index (χ0v) is 35.1. The molecule has 52 heavy (non-hydrogen) atoms. The average Bonchev–Trinajstić information content (AvgIpc) is 3.12. The van der Waals surface area contributed by atoms with E-state index in [0.717, 1.165) is 32.1 Å². The average molecular weight is 734 g/mol. The van der Waals surface area contributed by atoms with E-state index in [2.05, 4.69) is 19.2 Å². The summed E-state index contributed by atoms with van der Waals surface area (Å²) >= 11 is 0. The first-order chi connectivity index (χ1) is 25.4. The van der Waals surface area contributed by atoms with Gasteiger partial charge in [-0.05, 0) is 25.3 Å². The molecule has 0 aromatic heterocycles. The van der Waals surface area contributed by atoms with Gasteiger partial charge in [0, 0.05) is 20.3 Å². The van der Waals surface area contributed by atoms with Gasteiger partial charge in [0.15, 0.2) is 0 Å². The number of unbranched alkanes of at least 4 members (excludes halogenated alkanes) is 31. The second-order valence-electron chi connectivity index (χ2n) is 15.6. The Morgan fingerprint density at radius 3 is 1.17 bits per heavy atom. The lowest BCUT2D eigenvalue weighted by Crippen LogP contribution is -2.47. The molecule has 1 N–H and O–H groups in total. The zero-order valence-electron chi connectivity index (χ0n) is 35.1. The third-order valence-corrected chi connectivity index (χ3v) is 10.3. The molecule has 0 heterocycles. The normalized spacial score (nSPS) is 12.6. The minimum Gasteiger partial charge on any atom is -0.464 e. The summed E-state index contributed by atoms with van der Waals surface area (Å²) in [6.07, 6.45) is 46.8. The van der Waals surface area contributed by atoms with Gasteiger partial charge in [0.05, 0.1) is 0 Å². The molecule has 6 heteroatoms. The van der Waals surface area contributed by atoms with Gasteiger partial charge >= 0.3 is 11.9 Å². The number of ether oxygens (including phenoxy) is 2. The van der Waals surface area contributed by atoms with Crippen LogP contribution in [0.1, 0.15) is 246 Å². The summed E-state index contributed by atoms with van der Waals surface area (Å²) in [5, 5.41) is 2.99. The summed E-state index contributed by atoms with van der Waals surface area (Å²) in [5.74, 6) is -0.934. The second kappa shape index (κ2) is 40.3. The van der Waals surface area contributed by atoms with Crippen LogP contribution in [0.3, 0.4) is 0 Å². The molecule has 0 fully saturated rings. The lowest BCUT2D eigenvalue weighted by Gasteiger charge is -2.25. The van der Waals surface area contributed by atoms with E-state index in [4.69, 9.17) is 9.47 Å². The largest absolute Gasteiger partial charge is 0.464 e. The van der Waals surface area contributed by atoms with Gasteiger partial charge in [0.25, 0.3) is 0 Å². The molecule has 0 rings (SSSR count). The van der Waals surface area contributed by atoms with Crippen molar-refractivity contribution < 1.29 is 23.9 Å². The molecule has 0 radical (unpaired) electrons. The fourth-order valence-corrected chi connectivity index (χ4v) is 7.03. The maximum atomic E-state index is 12.9. The van der Waals surface area contributed by atoms with Gasteiger partial charge in [0.2, 0.25) is 5.91 Å². The molecule has 2 atom stereocenters. The van der Waals surface area contributed by atoms with Gasteiger partial charge in [-0.15, -0.1) is 0 Å². The highest BCUT2D eigenvalue weighted by Crippen LogP contribution is 2.16. The quantitative estimate of drug-likeness (QED) is 0.0385. The van der Waals surface area contributed by atoms with Crippen molar-refractivity contribution in [2.24, 2.45) is 0 Å². The summed E-state index contributed by atoms with van der Waals surface area (Å²) in [5.41, 5.74) is 0. The number of carbonyl (C=O) groups is 3. The summed E-state index contributed by atoms with van der Waals surface area (Å²) in [4.78, 5) is 36.4. The molecule has 0 unspecified atom stereocenters. The van der Waals surface area contributed by atoms with Crippen molar-refractivity contribution in [2.75, 3.05) is 6.61 Å². The summed E-state index contributed by atoms with van der Waals surface area (Å²) in [7, 11) is 0. The Bertz CT molecular complexity index is 828. The van der Waals surface area contributed by atoms with Gasteiger partial charge in [-0.3, -0.25) is 14.4 Å². The predicted molar refractivity (Wildman–Crippen MR) is 222 cm³/mol. The van der Waals surface area contributed by atoms with E-state index >= 15 is 0 Å². The van der Waals surface area contributed by atoms with Crippen LogP contribution in [0, 0.1) is 0 Å². The highest BCUT2D eigenvalue weighted by Gasteiger charge is 2.25. The summed E-state index contributed by atoms with van der Waals surface area (Å²) in [6, 6.07) is -0.608. The highest BCUT2D eigenvalue weighted by atomic mass is 16.6. The van der Waals surface area contributed by atoms with Crippen molar-refractivity contribution >= 4 is 17.8 Å². The number of esters is 2. The van der Waals surface area contributed by atoms with Crippen LogP contribution in [0.15, 0.2) is 12.2 Å². The molecule has 0 bridgehead atoms. The van der Waals surface area contributed by atoms with E-state index in [-0.39, 0.29) is 12.5 Å². The fourth-order valence-electron chi connectivity index (χ4n) is 7.03. The number of amides is 1. The number of nitrogens with one attached hydrogen (secondary N) is 1. The van der Waals surface area contributed by atoms with Gasteiger partial charge in [-0.2, -0.15) is 0 Å². The molecule has 0 aliphatic heterocycles. The zero-order chi connectivity index (χ0) is 38.2. The molecule has 0 aliphatic rings. The molecular weight excluding hydrogens is 647 g/mol. The van der Waals surface area contributed by atoms with E-state index in [1.807, 2.05) is 12.2 Å². The minimum atomic E-state index is -0.673. The summed E-state index contributed by atoms with van der Waals surface area (Å²) in [6.45, 7) is 7.24. The first-order valence-electron chi connectivity index (χ1n) is 22.7. The second-order valence-corrected chi connectivity index (χ2v) is 15.6. The number of rotatable bonds is 40. The van der Waals surface area contributed by atoms with Gasteiger partial charge in [-0.1, -0.05) is 213 Å².